The van der Waals surface area contributed by atoms with Crippen LogP contribution in [0.3, 0.4) is 0 Å². The fraction of sp³-hybridized carbons (Fsp3) is 0.393. The summed E-state index contributed by atoms with van der Waals surface area (Å²) in [6.45, 7) is 1.70. The number of ether oxygens (including phenoxy) is 3. The van der Waals surface area contributed by atoms with Crippen molar-refractivity contribution in [3.63, 3.8) is 0 Å². The molecular formula is C28H31N5O3. The van der Waals surface area contributed by atoms with E-state index in [0.29, 0.717) is 5.92 Å². The molecule has 4 aromatic rings. The second kappa shape index (κ2) is 9.78. The molecule has 1 aliphatic heterocycles. The average Bonchev–Trinajstić information content (AvgIpc) is 3.63. The molecule has 1 atom stereocenters. The topological polar surface area (TPSA) is 74.5 Å². The van der Waals surface area contributed by atoms with Crippen molar-refractivity contribution >= 4 is 22.4 Å². The van der Waals surface area contributed by atoms with Gasteiger partial charge in [-0.05, 0) is 62.3 Å². The molecule has 186 valence electrons. The minimum atomic E-state index is -0.0512. The molecule has 2 fully saturated rings. The zero-order valence-corrected chi connectivity index (χ0v) is 20.8. The maximum absolute atomic E-state index is 5.98. The van der Waals surface area contributed by atoms with Gasteiger partial charge < -0.3 is 19.1 Å². The number of hydrogen-bond acceptors (Lipinski definition) is 7. The lowest BCUT2D eigenvalue weighted by molar-refractivity contribution is -0.0384. The van der Waals surface area contributed by atoms with Crippen LogP contribution in [0.25, 0.3) is 22.4 Å². The third-order valence-electron chi connectivity index (χ3n) is 6.98. The number of benzene rings is 2. The molecule has 0 N–H and O–H groups in total. The Morgan fingerprint density at radius 3 is 2.50 bits per heavy atom. The molecule has 36 heavy (non-hydrogen) atoms. The van der Waals surface area contributed by atoms with Crippen molar-refractivity contribution in [2.45, 2.75) is 38.3 Å². The lowest BCUT2D eigenvalue weighted by atomic mass is 10.1. The standard InChI is InChI=1S/C28H31N5O3/c1-34-22-13-21(14-23(16-22)35-2)32(18-19-6-7-19)20-8-9-24-25(15-20)31-26(17-29-24)27-10-11-30-33(27)28-5-3-4-12-36-28/h8-11,13-17,19,28H,3-7,12,18H2,1-2H3. The number of nitrogens with zero attached hydrogens (tertiary/aromatic N) is 5. The summed E-state index contributed by atoms with van der Waals surface area (Å²) in [7, 11) is 3.36. The van der Waals surface area contributed by atoms with Crippen LogP contribution in [0.5, 0.6) is 11.5 Å². The van der Waals surface area contributed by atoms with E-state index in [-0.39, 0.29) is 6.23 Å². The molecular weight excluding hydrogens is 454 g/mol. The second-order valence-electron chi connectivity index (χ2n) is 9.54. The van der Waals surface area contributed by atoms with Crippen molar-refractivity contribution in [3.8, 4) is 22.9 Å². The third-order valence-corrected chi connectivity index (χ3v) is 6.98. The molecule has 2 aromatic carbocycles. The van der Waals surface area contributed by atoms with Gasteiger partial charge in [-0.15, -0.1) is 0 Å². The molecule has 6 rings (SSSR count). The van der Waals surface area contributed by atoms with Gasteiger partial charge in [-0.1, -0.05) is 0 Å². The van der Waals surface area contributed by atoms with Crippen LogP contribution < -0.4 is 14.4 Å². The zero-order chi connectivity index (χ0) is 24.5. The summed E-state index contributed by atoms with van der Waals surface area (Å²) in [5.41, 5.74) is 5.53. The van der Waals surface area contributed by atoms with Crippen molar-refractivity contribution in [2.24, 2.45) is 5.92 Å². The van der Waals surface area contributed by atoms with Gasteiger partial charge in [0, 0.05) is 48.9 Å². The maximum atomic E-state index is 5.98. The van der Waals surface area contributed by atoms with Gasteiger partial charge in [-0.2, -0.15) is 5.10 Å². The molecule has 1 unspecified atom stereocenters. The zero-order valence-electron chi connectivity index (χ0n) is 20.8. The third kappa shape index (κ3) is 4.60. The maximum Gasteiger partial charge on any atom is 0.150 e. The van der Waals surface area contributed by atoms with E-state index in [4.69, 9.17) is 24.2 Å². The van der Waals surface area contributed by atoms with Crippen molar-refractivity contribution in [2.75, 3.05) is 32.3 Å². The van der Waals surface area contributed by atoms with Gasteiger partial charge in [0.25, 0.3) is 0 Å². The Labute approximate surface area is 210 Å². The van der Waals surface area contributed by atoms with Gasteiger partial charge in [0.05, 0.1) is 37.1 Å². The minimum absolute atomic E-state index is 0.0512. The van der Waals surface area contributed by atoms with E-state index in [1.807, 2.05) is 35.3 Å². The van der Waals surface area contributed by atoms with Crippen LogP contribution in [-0.2, 0) is 4.74 Å². The molecule has 2 aromatic heterocycles. The first kappa shape index (κ1) is 22.8. The van der Waals surface area contributed by atoms with Crippen molar-refractivity contribution in [3.05, 3.63) is 54.9 Å². The molecule has 2 aliphatic rings. The summed E-state index contributed by atoms with van der Waals surface area (Å²) >= 11 is 0. The van der Waals surface area contributed by atoms with Crippen LogP contribution >= 0.6 is 0 Å². The van der Waals surface area contributed by atoms with Gasteiger partial charge in [-0.25, -0.2) is 9.67 Å². The van der Waals surface area contributed by atoms with Crippen molar-refractivity contribution in [1.29, 1.82) is 0 Å². The van der Waals surface area contributed by atoms with E-state index in [9.17, 15) is 0 Å². The summed E-state index contributed by atoms with van der Waals surface area (Å²) in [4.78, 5) is 12.1. The Bertz CT molecular complexity index is 1340. The highest BCUT2D eigenvalue weighted by molar-refractivity contribution is 5.82. The molecule has 8 heteroatoms. The number of aromatic nitrogens is 4. The summed E-state index contributed by atoms with van der Waals surface area (Å²) in [5.74, 6) is 2.22. The minimum Gasteiger partial charge on any atom is -0.497 e. The van der Waals surface area contributed by atoms with Crippen LogP contribution in [0, 0.1) is 5.92 Å². The lowest BCUT2D eigenvalue weighted by Gasteiger charge is -2.26. The SMILES string of the molecule is COc1cc(OC)cc(N(CC2CC2)c2ccc3ncc(-c4ccnn4C4CCCCO4)nc3c2)c1. The number of hydrogen-bond donors (Lipinski definition) is 0. The van der Waals surface area contributed by atoms with Gasteiger partial charge in [0.15, 0.2) is 6.23 Å². The van der Waals surface area contributed by atoms with E-state index in [1.165, 1.54) is 12.8 Å². The molecule has 0 radical (unpaired) electrons. The van der Waals surface area contributed by atoms with Gasteiger partial charge in [-0.3, -0.25) is 4.98 Å². The van der Waals surface area contributed by atoms with Crippen molar-refractivity contribution < 1.29 is 14.2 Å². The van der Waals surface area contributed by atoms with E-state index in [2.05, 4.69) is 34.3 Å². The molecule has 3 heterocycles. The fourth-order valence-electron chi connectivity index (χ4n) is 4.82. The van der Waals surface area contributed by atoms with E-state index in [0.717, 1.165) is 77.7 Å². The normalized spacial score (nSPS) is 17.8. The summed E-state index contributed by atoms with van der Waals surface area (Å²) in [6, 6.07) is 14.3. The van der Waals surface area contributed by atoms with Gasteiger partial charge in [0.1, 0.15) is 17.2 Å². The Balaban J connectivity index is 1.38. The van der Waals surface area contributed by atoms with Crippen LogP contribution in [0.15, 0.2) is 54.9 Å². The largest absolute Gasteiger partial charge is 0.497 e. The summed E-state index contributed by atoms with van der Waals surface area (Å²) in [5, 5.41) is 4.55. The van der Waals surface area contributed by atoms with Crippen LogP contribution in [0.1, 0.15) is 38.3 Å². The average molecular weight is 486 g/mol. The van der Waals surface area contributed by atoms with Crippen LogP contribution in [-0.4, -0.2) is 47.1 Å². The number of fused-ring (bicyclic) bond motifs is 1. The van der Waals surface area contributed by atoms with E-state index >= 15 is 0 Å². The van der Waals surface area contributed by atoms with E-state index in [1.54, 1.807) is 14.2 Å². The molecule has 0 amide bonds. The Morgan fingerprint density at radius 2 is 1.78 bits per heavy atom. The van der Waals surface area contributed by atoms with Gasteiger partial charge in [0.2, 0.25) is 0 Å². The molecule has 1 aliphatic carbocycles. The Morgan fingerprint density at radius 1 is 0.944 bits per heavy atom. The number of methoxy groups -OCH3 is 2. The van der Waals surface area contributed by atoms with Crippen LogP contribution in [0.4, 0.5) is 11.4 Å². The quantitative estimate of drug-likeness (QED) is 0.314. The highest BCUT2D eigenvalue weighted by Gasteiger charge is 2.26. The highest BCUT2D eigenvalue weighted by Crippen LogP contribution is 2.39. The smallest absolute Gasteiger partial charge is 0.150 e. The van der Waals surface area contributed by atoms with Gasteiger partial charge >= 0.3 is 0 Å². The Hall–Kier alpha value is -3.65. The first-order chi connectivity index (χ1) is 17.7. The van der Waals surface area contributed by atoms with Crippen LogP contribution in [0.2, 0.25) is 0 Å². The molecule has 0 bridgehead atoms. The number of anilines is 2. The molecule has 1 saturated heterocycles. The van der Waals surface area contributed by atoms with E-state index < -0.39 is 0 Å². The Kier molecular flexibility index (Phi) is 6.19. The first-order valence-electron chi connectivity index (χ1n) is 12.6. The highest BCUT2D eigenvalue weighted by atomic mass is 16.5. The lowest BCUT2D eigenvalue weighted by Crippen LogP contribution is -2.20. The molecule has 8 nitrogen and oxygen atoms in total. The second-order valence-corrected chi connectivity index (χ2v) is 9.54. The summed E-state index contributed by atoms with van der Waals surface area (Å²) in [6.07, 6.45) is 9.29. The monoisotopic (exact) mass is 485 g/mol. The number of rotatable bonds is 8. The fourth-order valence-corrected chi connectivity index (χ4v) is 4.82. The first-order valence-corrected chi connectivity index (χ1v) is 12.6. The predicted molar refractivity (Wildman–Crippen MR) is 139 cm³/mol. The molecule has 0 spiro atoms. The molecule has 1 saturated carbocycles. The predicted octanol–water partition coefficient (Wildman–Crippen LogP) is 5.76. The van der Waals surface area contributed by atoms with Crippen molar-refractivity contribution in [1.82, 2.24) is 19.7 Å². The summed E-state index contributed by atoms with van der Waals surface area (Å²) < 4.78 is 19.0.